The van der Waals surface area contributed by atoms with Crippen LogP contribution >= 0.6 is 0 Å². The largest absolute Gasteiger partial charge is 0.338 e. The number of piperidine rings is 1. The number of nitrogens with zero attached hydrogens (tertiary/aromatic N) is 3. The number of hydrogen-bond donors (Lipinski definition) is 1. The van der Waals surface area contributed by atoms with E-state index in [9.17, 15) is 0 Å². The molecule has 0 spiro atoms. The Hall–Kier alpha value is -1.88. The summed E-state index contributed by atoms with van der Waals surface area (Å²) in [5.74, 6) is 1.12. The highest BCUT2D eigenvalue weighted by Crippen LogP contribution is 2.27. The van der Waals surface area contributed by atoms with Crippen molar-refractivity contribution >= 4 is 5.95 Å². The molecule has 0 aliphatic carbocycles. The third-order valence-electron chi connectivity index (χ3n) is 3.87. The first-order valence-corrected chi connectivity index (χ1v) is 7.11. The number of benzene rings is 1. The lowest BCUT2D eigenvalue weighted by Gasteiger charge is -2.24. The van der Waals surface area contributed by atoms with Gasteiger partial charge in [-0.1, -0.05) is 30.3 Å². The topological polar surface area (TPSA) is 68.2 Å². The Balaban J connectivity index is 1.85. The van der Waals surface area contributed by atoms with Crippen LogP contribution < -0.4 is 10.6 Å². The third kappa shape index (κ3) is 2.41. The van der Waals surface area contributed by atoms with Gasteiger partial charge in [0.2, 0.25) is 0 Å². The van der Waals surface area contributed by atoms with Crippen LogP contribution in [0.3, 0.4) is 0 Å². The summed E-state index contributed by atoms with van der Waals surface area (Å²) in [6.45, 7) is 3.88. The van der Waals surface area contributed by atoms with Gasteiger partial charge in [-0.05, 0) is 36.9 Å². The van der Waals surface area contributed by atoms with Gasteiger partial charge in [-0.25, -0.2) is 0 Å². The molecule has 1 unspecified atom stereocenters. The number of rotatable bonds is 3. The van der Waals surface area contributed by atoms with Crippen molar-refractivity contribution in [3.8, 4) is 0 Å². The number of aromatic nitrogens is 2. The van der Waals surface area contributed by atoms with Crippen LogP contribution in [0, 0.1) is 0 Å². The standard InChI is InChI=1S/C15H20N4O/c1-15(16,12-8-4-2-5-9-12)13-17-14(18-20-13)19-10-6-3-7-11-19/h2,4-5,8-9H,3,6-7,10-11,16H2,1H3. The van der Waals surface area contributed by atoms with Crippen LogP contribution in [0.4, 0.5) is 5.95 Å². The Bertz CT molecular complexity index is 558. The maximum atomic E-state index is 6.39. The first kappa shape index (κ1) is 13.1. The molecule has 5 nitrogen and oxygen atoms in total. The zero-order chi connectivity index (χ0) is 14.0. The van der Waals surface area contributed by atoms with Crippen molar-refractivity contribution in [3.63, 3.8) is 0 Å². The predicted molar refractivity (Wildman–Crippen MR) is 77.4 cm³/mol. The predicted octanol–water partition coefficient (Wildman–Crippen LogP) is 2.28. The average molecular weight is 272 g/mol. The molecule has 1 saturated heterocycles. The van der Waals surface area contributed by atoms with Crippen LogP contribution in [0.1, 0.15) is 37.6 Å². The van der Waals surface area contributed by atoms with Gasteiger partial charge in [0, 0.05) is 13.1 Å². The summed E-state index contributed by atoms with van der Waals surface area (Å²) in [6.07, 6.45) is 3.64. The summed E-state index contributed by atoms with van der Waals surface area (Å²) in [5.41, 5.74) is 6.59. The third-order valence-corrected chi connectivity index (χ3v) is 3.87. The summed E-state index contributed by atoms with van der Waals surface area (Å²) in [7, 11) is 0. The molecule has 0 bridgehead atoms. The lowest BCUT2D eigenvalue weighted by Crippen LogP contribution is -2.35. The van der Waals surface area contributed by atoms with Gasteiger partial charge in [-0.2, -0.15) is 4.98 Å². The second-order valence-electron chi connectivity index (χ2n) is 5.52. The fraction of sp³-hybridized carbons (Fsp3) is 0.467. The molecule has 1 atom stereocenters. The van der Waals surface area contributed by atoms with Crippen molar-refractivity contribution in [1.29, 1.82) is 0 Å². The fourth-order valence-corrected chi connectivity index (χ4v) is 2.56. The second kappa shape index (κ2) is 5.25. The van der Waals surface area contributed by atoms with Crippen molar-refractivity contribution in [2.24, 2.45) is 5.73 Å². The van der Waals surface area contributed by atoms with Crippen molar-refractivity contribution in [1.82, 2.24) is 10.1 Å². The molecular weight excluding hydrogens is 252 g/mol. The minimum absolute atomic E-state index is 0.462. The van der Waals surface area contributed by atoms with Crippen LogP contribution in [-0.4, -0.2) is 23.2 Å². The molecular formula is C15H20N4O. The van der Waals surface area contributed by atoms with E-state index in [-0.39, 0.29) is 0 Å². The van der Waals surface area contributed by atoms with Crippen LogP contribution in [-0.2, 0) is 5.54 Å². The molecule has 0 amide bonds. The second-order valence-corrected chi connectivity index (χ2v) is 5.52. The molecule has 106 valence electrons. The molecule has 0 saturated carbocycles. The molecule has 2 N–H and O–H groups in total. The first-order valence-electron chi connectivity index (χ1n) is 7.11. The molecule has 3 rings (SSSR count). The molecule has 1 aliphatic heterocycles. The highest BCUT2D eigenvalue weighted by Gasteiger charge is 2.31. The van der Waals surface area contributed by atoms with Crippen LogP contribution in [0.5, 0.6) is 0 Å². The van der Waals surface area contributed by atoms with Gasteiger partial charge < -0.3 is 15.2 Å². The quantitative estimate of drug-likeness (QED) is 0.928. The van der Waals surface area contributed by atoms with Crippen molar-refractivity contribution in [2.75, 3.05) is 18.0 Å². The highest BCUT2D eigenvalue weighted by molar-refractivity contribution is 5.33. The fourth-order valence-electron chi connectivity index (χ4n) is 2.56. The Morgan fingerprint density at radius 1 is 1.15 bits per heavy atom. The molecule has 0 radical (unpaired) electrons. The highest BCUT2D eigenvalue weighted by atomic mass is 16.5. The smallest absolute Gasteiger partial charge is 0.266 e. The van der Waals surface area contributed by atoms with E-state index >= 15 is 0 Å². The minimum Gasteiger partial charge on any atom is -0.338 e. The molecule has 1 aromatic carbocycles. The molecule has 20 heavy (non-hydrogen) atoms. The molecule has 5 heteroatoms. The van der Waals surface area contributed by atoms with Crippen LogP contribution in [0.25, 0.3) is 0 Å². The summed E-state index contributed by atoms with van der Waals surface area (Å²) >= 11 is 0. The van der Waals surface area contributed by atoms with E-state index in [1.54, 1.807) is 0 Å². The van der Waals surface area contributed by atoms with E-state index in [0.29, 0.717) is 11.8 Å². The van der Waals surface area contributed by atoms with Gasteiger partial charge in [0.25, 0.3) is 11.8 Å². The normalized spacial score (nSPS) is 18.8. The Labute approximate surface area is 118 Å². The Morgan fingerprint density at radius 3 is 2.55 bits per heavy atom. The van der Waals surface area contributed by atoms with Crippen molar-refractivity contribution in [2.45, 2.75) is 31.7 Å². The Morgan fingerprint density at radius 2 is 1.85 bits per heavy atom. The molecule has 2 aromatic rings. The van der Waals surface area contributed by atoms with Gasteiger partial charge in [-0.15, -0.1) is 0 Å². The van der Waals surface area contributed by atoms with Gasteiger partial charge in [0.05, 0.1) is 0 Å². The van der Waals surface area contributed by atoms with Gasteiger partial charge in [0.15, 0.2) is 0 Å². The van der Waals surface area contributed by atoms with Crippen molar-refractivity contribution in [3.05, 3.63) is 41.8 Å². The number of hydrogen-bond acceptors (Lipinski definition) is 5. The zero-order valence-corrected chi connectivity index (χ0v) is 11.7. The van der Waals surface area contributed by atoms with E-state index in [1.807, 2.05) is 37.3 Å². The Kier molecular flexibility index (Phi) is 3.44. The summed E-state index contributed by atoms with van der Waals surface area (Å²) in [5, 5.41) is 4.09. The SMILES string of the molecule is CC(N)(c1ccccc1)c1nc(N2CCCCC2)no1. The monoisotopic (exact) mass is 272 g/mol. The lowest BCUT2D eigenvalue weighted by atomic mass is 9.93. The molecule has 2 heterocycles. The van der Waals surface area contributed by atoms with E-state index in [1.165, 1.54) is 19.3 Å². The summed E-state index contributed by atoms with van der Waals surface area (Å²) < 4.78 is 5.41. The molecule has 1 aromatic heterocycles. The van der Waals surface area contributed by atoms with E-state index < -0.39 is 5.54 Å². The zero-order valence-electron chi connectivity index (χ0n) is 11.7. The maximum Gasteiger partial charge on any atom is 0.266 e. The first-order chi connectivity index (χ1) is 9.68. The van der Waals surface area contributed by atoms with Gasteiger partial charge >= 0.3 is 0 Å². The maximum absolute atomic E-state index is 6.39. The van der Waals surface area contributed by atoms with E-state index in [0.717, 1.165) is 18.7 Å². The van der Waals surface area contributed by atoms with E-state index in [2.05, 4.69) is 15.0 Å². The summed E-state index contributed by atoms with van der Waals surface area (Å²) in [4.78, 5) is 6.67. The minimum atomic E-state index is -0.762. The van der Waals surface area contributed by atoms with E-state index in [4.69, 9.17) is 10.3 Å². The van der Waals surface area contributed by atoms with Gasteiger partial charge in [0.1, 0.15) is 5.54 Å². The lowest BCUT2D eigenvalue weighted by molar-refractivity contribution is 0.324. The van der Waals surface area contributed by atoms with Crippen LogP contribution in [0.2, 0.25) is 0 Å². The summed E-state index contributed by atoms with van der Waals surface area (Å²) in [6, 6.07) is 9.84. The average Bonchev–Trinajstić information content (AvgIpc) is 3.00. The number of anilines is 1. The molecule has 1 aliphatic rings. The molecule has 1 fully saturated rings. The van der Waals surface area contributed by atoms with Crippen LogP contribution in [0.15, 0.2) is 34.9 Å². The van der Waals surface area contributed by atoms with Crippen molar-refractivity contribution < 1.29 is 4.52 Å². The van der Waals surface area contributed by atoms with Gasteiger partial charge in [-0.3, -0.25) is 0 Å². The number of nitrogens with two attached hydrogens (primary N) is 1.